The van der Waals surface area contributed by atoms with E-state index in [4.69, 9.17) is 0 Å². The lowest BCUT2D eigenvalue weighted by Gasteiger charge is -1.98. The maximum atomic E-state index is 11.0. The SMILES string of the molecule is CNC(=O)c1ccc(S)cc1.Cc1cc(C)ncn1.Cl. The zero-order valence-electron chi connectivity index (χ0n) is 11.6. The van der Waals surface area contributed by atoms with Crippen molar-refractivity contribution in [1.82, 2.24) is 15.3 Å². The van der Waals surface area contributed by atoms with Gasteiger partial charge in [0.05, 0.1) is 0 Å². The van der Waals surface area contributed by atoms with E-state index in [1.54, 1.807) is 37.6 Å². The fraction of sp³-hybridized carbons (Fsp3) is 0.214. The number of carbonyl (C=O) groups is 1. The summed E-state index contributed by atoms with van der Waals surface area (Å²) in [5.41, 5.74) is 2.71. The number of rotatable bonds is 1. The second-order valence-corrected chi connectivity index (χ2v) is 4.44. The van der Waals surface area contributed by atoms with Crippen molar-refractivity contribution in [3.05, 3.63) is 53.6 Å². The number of hydrogen-bond acceptors (Lipinski definition) is 4. The maximum Gasteiger partial charge on any atom is 0.251 e. The number of halogens is 1. The van der Waals surface area contributed by atoms with Crippen LogP contribution in [0.4, 0.5) is 0 Å². The summed E-state index contributed by atoms with van der Waals surface area (Å²) in [6.07, 6.45) is 1.57. The van der Waals surface area contributed by atoms with Crippen LogP contribution in [0.2, 0.25) is 0 Å². The third-order valence-electron chi connectivity index (χ3n) is 2.30. The summed E-state index contributed by atoms with van der Waals surface area (Å²) < 4.78 is 0. The number of amides is 1. The summed E-state index contributed by atoms with van der Waals surface area (Å²) in [5.74, 6) is -0.0710. The highest BCUT2D eigenvalue weighted by Gasteiger charge is 1.99. The second-order valence-electron chi connectivity index (χ2n) is 3.93. The van der Waals surface area contributed by atoms with Gasteiger partial charge in [-0.3, -0.25) is 4.79 Å². The van der Waals surface area contributed by atoms with E-state index in [2.05, 4.69) is 27.9 Å². The lowest BCUT2D eigenvalue weighted by atomic mass is 10.2. The molecule has 20 heavy (non-hydrogen) atoms. The van der Waals surface area contributed by atoms with Crippen LogP contribution in [0.25, 0.3) is 0 Å². The molecule has 1 aromatic carbocycles. The molecule has 0 unspecified atom stereocenters. The predicted octanol–water partition coefficient (Wildman–Crippen LogP) is 2.85. The van der Waals surface area contributed by atoms with Gasteiger partial charge in [-0.05, 0) is 44.2 Å². The van der Waals surface area contributed by atoms with Crippen LogP contribution < -0.4 is 5.32 Å². The number of benzene rings is 1. The molecule has 0 aliphatic rings. The van der Waals surface area contributed by atoms with Gasteiger partial charge >= 0.3 is 0 Å². The van der Waals surface area contributed by atoms with Gasteiger partial charge in [0.2, 0.25) is 0 Å². The summed E-state index contributed by atoms with van der Waals surface area (Å²) in [4.78, 5) is 19.7. The topological polar surface area (TPSA) is 54.9 Å². The van der Waals surface area contributed by atoms with Crippen LogP contribution in [-0.4, -0.2) is 22.9 Å². The number of hydrogen-bond donors (Lipinski definition) is 2. The lowest BCUT2D eigenvalue weighted by Crippen LogP contribution is -2.17. The largest absolute Gasteiger partial charge is 0.355 e. The van der Waals surface area contributed by atoms with Crippen LogP contribution in [0.1, 0.15) is 21.7 Å². The second kappa shape index (κ2) is 9.34. The first-order chi connectivity index (χ1) is 9.02. The van der Waals surface area contributed by atoms with Crippen molar-refractivity contribution in [3.8, 4) is 0 Å². The van der Waals surface area contributed by atoms with Crippen molar-refractivity contribution in [3.63, 3.8) is 0 Å². The smallest absolute Gasteiger partial charge is 0.251 e. The molecule has 0 saturated carbocycles. The minimum absolute atomic E-state index is 0. The first-order valence-corrected chi connectivity index (χ1v) is 6.24. The summed E-state index contributed by atoms with van der Waals surface area (Å²) in [6.45, 7) is 3.91. The van der Waals surface area contributed by atoms with Crippen LogP contribution in [0.5, 0.6) is 0 Å². The summed E-state index contributed by atoms with van der Waals surface area (Å²) in [5, 5.41) is 2.54. The van der Waals surface area contributed by atoms with Crippen LogP contribution in [0.3, 0.4) is 0 Å². The standard InChI is InChI=1S/C8H9NOS.C6H8N2.ClH/c1-9-8(10)6-2-4-7(11)5-3-6;1-5-3-6(2)8-4-7-5;/h2-5,11H,1H3,(H,9,10);3-4H,1-2H3;1H. The third-order valence-corrected chi connectivity index (χ3v) is 2.60. The number of aryl methyl sites for hydroxylation is 2. The van der Waals surface area contributed by atoms with E-state index in [0.717, 1.165) is 16.3 Å². The Morgan fingerprint density at radius 2 is 1.60 bits per heavy atom. The van der Waals surface area contributed by atoms with E-state index in [9.17, 15) is 4.79 Å². The Bertz CT molecular complexity index is 529. The van der Waals surface area contributed by atoms with Gasteiger partial charge in [-0.1, -0.05) is 0 Å². The lowest BCUT2D eigenvalue weighted by molar-refractivity contribution is 0.0963. The number of nitrogens with zero attached hydrogens (tertiary/aromatic N) is 2. The van der Waals surface area contributed by atoms with Crippen molar-refractivity contribution < 1.29 is 4.79 Å². The first kappa shape index (κ1) is 18.4. The molecule has 0 saturated heterocycles. The number of nitrogens with one attached hydrogen (secondary N) is 1. The molecule has 0 aliphatic heterocycles. The van der Waals surface area contributed by atoms with Crippen LogP contribution in [0, 0.1) is 13.8 Å². The highest BCUT2D eigenvalue weighted by molar-refractivity contribution is 7.80. The van der Waals surface area contributed by atoms with Gasteiger partial charge in [0.15, 0.2) is 0 Å². The molecule has 6 heteroatoms. The van der Waals surface area contributed by atoms with Gasteiger partial charge in [0.25, 0.3) is 5.91 Å². The van der Waals surface area contributed by atoms with Gasteiger partial charge in [-0.2, -0.15) is 0 Å². The van der Waals surface area contributed by atoms with Gasteiger partial charge in [0.1, 0.15) is 6.33 Å². The minimum atomic E-state index is -0.0710. The van der Waals surface area contributed by atoms with Gasteiger partial charge in [0, 0.05) is 28.9 Å². The van der Waals surface area contributed by atoms with E-state index in [0.29, 0.717) is 5.56 Å². The average molecular weight is 312 g/mol. The Morgan fingerprint density at radius 3 is 1.95 bits per heavy atom. The number of thiol groups is 1. The highest BCUT2D eigenvalue weighted by Crippen LogP contribution is 2.06. The quantitative estimate of drug-likeness (QED) is 0.796. The Labute approximate surface area is 130 Å². The van der Waals surface area contributed by atoms with Crippen molar-refractivity contribution in [2.45, 2.75) is 18.7 Å². The Hall–Kier alpha value is -1.59. The fourth-order valence-corrected chi connectivity index (χ4v) is 1.49. The average Bonchev–Trinajstić information content (AvgIpc) is 2.39. The van der Waals surface area contributed by atoms with Gasteiger partial charge < -0.3 is 5.32 Å². The van der Waals surface area contributed by atoms with Crippen LogP contribution in [-0.2, 0) is 0 Å². The molecule has 1 aromatic heterocycles. The molecule has 0 atom stereocenters. The molecule has 0 bridgehead atoms. The number of carbonyl (C=O) groups excluding carboxylic acids is 1. The monoisotopic (exact) mass is 311 g/mol. The zero-order chi connectivity index (χ0) is 14.3. The molecule has 0 spiro atoms. The first-order valence-electron chi connectivity index (χ1n) is 5.79. The predicted molar refractivity (Wildman–Crippen MR) is 85.8 cm³/mol. The summed E-state index contributed by atoms with van der Waals surface area (Å²) in [6, 6.07) is 8.99. The minimum Gasteiger partial charge on any atom is -0.355 e. The van der Waals surface area contributed by atoms with Gasteiger partial charge in [-0.25, -0.2) is 9.97 Å². The molecule has 1 N–H and O–H groups in total. The number of aromatic nitrogens is 2. The molecular formula is C14H18ClN3OS. The summed E-state index contributed by atoms with van der Waals surface area (Å²) >= 11 is 4.10. The van der Waals surface area contributed by atoms with Crippen molar-refractivity contribution in [2.75, 3.05) is 7.05 Å². The third kappa shape index (κ3) is 6.54. The van der Waals surface area contributed by atoms with E-state index in [1.807, 2.05) is 19.9 Å². The summed E-state index contributed by atoms with van der Waals surface area (Å²) in [7, 11) is 1.61. The fourth-order valence-electron chi connectivity index (χ4n) is 1.34. The molecule has 0 fully saturated rings. The zero-order valence-corrected chi connectivity index (χ0v) is 13.3. The van der Waals surface area contributed by atoms with E-state index < -0.39 is 0 Å². The van der Waals surface area contributed by atoms with Gasteiger partial charge in [-0.15, -0.1) is 25.0 Å². The Kier molecular flexibility index (Phi) is 8.59. The maximum absolute atomic E-state index is 11.0. The molecule has 1 amide bonds. The molecule has 2 aromatic rings. The molecule has 0 radical (unpaired) electrons. The van der Waals surface area contributed by atoms with Crippen molar-refractivity contribution in [2.24, 2.45) is 0 Å². The van der Waals surface area contributed by atoms with E-state index in [-0.39, 0.29) is 18.3 Å². The molecular weight excluding hydrogens is 294 g/mol. The van der Waals surface area contributed by atoms with E-state index >= 15 is 0 Å². The molecule has 108 valence electrons. The van der Waals surface area contributed by atoms with Crippen LogP contribution >= 0.6 is 25.0 Å². The molecule has 4 nitrogen and oxygen atoms in total. The van der Waals surface area contributed by atoms with E-state index in [1.165, 1.54) is 0 Å². The highest BCUT2D eigenvalue weighted by atomic mass is 35.5. The van der Waals surface area contributed by atoms with Crippen molar-refractivity contribution >= 4 is 30.9 Å². The Morgan fingerprint density at radius 1 is 1.10 bits per heavy atom. The van der Waals surface area contributed by atoms with Crippen molar-refractivity contribution in [1.29, 1.82) is 0 Å². The Balaban J connectivity index is 0.000000359. The molecule has 0 aliphatic carbocycles. The normalized spacial score (nSPS) is 8.80. The van der Waals surface area contributed by atoms with Crippen LogP contribution in [0.15, 0.2) is 41.6 Å². The molecule has 2 rings (SSSR count). The molecule has 1 heterocycles.